The van der Waals surface area contributed by atoms with Gasteiger partial charge in [0.2, 0.25) is 5.91 Å². The van der Waals surface area contributed by atoms with Gasteiger partial charge in [0, 0.05) is 44.0 Å². The van der Waals surface area contributed by atoms with Gasteiger partial charge in [-0.05, 0) is 43.5 Å². The molecule has 1 N–H and O–H groups in total. The maximum Gasteiger partial charge on any atom is 0.237 e. The molecule has 1 aromatic carbocycles. The Hall–Kier alpha value is -1.80. The Labute approximate surface area is 173 Å². The van der Waals surface area contributed by atoms with Gasteiger partial charge in [-0.2, -0.15) is 0 Å². The first-order valence-electron chi connectivity index (χ1n) is 10.7. The average Bonchev–Trinajstić information content (AvgIpc) is 3.33. The third kappa shape index (κ3) is 4.86. The molecule has 3 aliphatic rings. The summed E-state index contributed by atoms with van der Waals surface area (Å²) >= 11 is 0. The summed E-state index contributed by atoms with van der Waals surface area (Å²) in [7, 11) is -3.01. The Morgan fingerprint density at radius 2 is 1.66 bits per heavy atom. The van der Waals surface area contributed by atoms with Crippen LogP contribution in [-0.4, -0.2) is 85.5 Å². The summed E-state index contributed by atoms with van der Waals surface area (Å²) in [5.74, 6) is 0.694. The minimum absolute atomic E-state index is 0.0945. The number of nitrogens with zero attached hydrogens (tertiary/aromatic N) is 3. The molecule has 0 radical (unpaired) electrons. The molecule has 1 saturated carbocycles. The van der Waals surface area contributed by atoms with Gasteiger partial charge in [0.25, 0.3) is 0 Å². The van der Waals surface area contributed by atoms with Gasteiger partial charge in [-0.15, -0.1) is 0 Å². The predicted molar refractivity (Wildman–Crippen MR) is 113 cm³/mol. The molecule has 4 rings (SSSR count). The molecule has 2 heterocycles. The summed E-state index contributed by atoms with van der Waals surface area (Å²) < 4.78 is 24.0. The van der Waals surface area contributed by atoms with Crippen LogP contribution in [0.3, 0.4) is 0 Å². The fourth-order valence-electron chi connectivity index (χ4n) is 4.98. The minimum atomic E-state index is -3.01. The maximum atomic E-state index is 13.2. The number of phenols is 1. The van der Waals surface area contributed by atoms with Crippen LogP contribution >= 0.6 is 0 Å². The van der Waals surface area contributed by atoms with E-state index in [0.717, 1.165) is 57.5 Å². The molecular formula is C21H31N3O4S. The number of hydrogen-bond acceptors (Lipinski definition) is 6. The van der Waals surface area contributed by atoms with E-state index in [0.29, 0.717) is 13.0 Å². The van der Waals surface area contributed by atoms with Crippen LogP contribution in [0.2, 0.25) is 0 Å². The van der Waals surface area contributed by atoms with Crippen molar-refractivity contribution in [2.24, 2.45) is 0 Å². The van der Waals surface area contributed by atoms with Crippen molar-refractivity contribution in [1.82, 2.24) is 9.80 Å². The highest BCUT2D eigenvalue weighted by molar-refractivity contribution is 7.91. The van der Waals surface area contributed by atoms with Crippen LogP contribution in [-0.2, 0) is 14.6 Å². The molecule has 1 amide bonds. The normalized spacial score (nSPS) is 25.4. The van der Waals surface area contributed by atoms with Crippen LogP contribution < -0.4 is 4.90 Å². The maximum absolute atomic E-state index is 13.2. The summed E-state index contributed by atoms with van der Waals surface area (Å²) in [5, 5.41) is 9.45. The van der Waals surface area contributed by atoms with Gasteiger partial charge < -0.3 is 14.9 Å². The number of aromatic hydroxyl groups is 1. The van der Waals surface area contributed by atoms with Crippen molar-refractivity contribution in [1.29, 1.82) is 0 Å². The first kappa shape index (κ1) is 20.5. The van der Waals surface area contributed by atoms with E-state index in [1.807, 2.05) is 17.0 Å². The van der Waals surface area contributed by atoms with Crippen molar-refractivity contribution in [2.75, 3.05) is 49.1 Å². The molecule has 8 heteroatoms. The van der Waals surface area contributed by atoms with Crippen LogP contribution in [0.4, 0.5) is 5.69 Å². The van der Waals surface area contributed by atoms with E-state index in [4.69, 9.17) is 0 Å². The van der Waals surface area contributed by atoms with Gasteiger partial charge in [0.15, 0.2) is 9.84 Å². The number of anilines is 1. The Morgan fingerprint density at radius 1 is 1.00 bits per heavy atom. The van der Waals surface area contributed by atoms with Crippen LogP contribution in [0, 0.1) is 0 Å². The van der Waals surface area contributed by atoms with E-state index in [9.17, 15) is 18.3 Å². The molecule has 160 valence electrons. The third-order valence-corrected chi connectivity index (χ3v) is 8.30. The number of carbonyl (C=O) groups is 1. The SMILES string of the molecule is O=C(CN1CCN(c2ccc(O)cc2)CC1)N(C1CCCC1)[C@H]1CCS(=O)(=O)C1. The molecular weight excluding hydrogens is 390 g/mol. The first-order valence-corrected chi connectivity index (χ1v) is 12.5. The van der Waals surface area contributed by atoms with Gasteiger partial charge in [0.05, 0.1) is 18.1 Å². The number of phenolic OH excluding ortho intramolecular Hbond substituents is 1. The van der Waals surface area contributed by atoms with Crippen molar-refractivity contribution < 1.29 is 18.3 Å². The van der Waals surface area contributed by atoms with E-state index in [1.54, 1.807) is 12.1 Å². The topological polar surface area (TPSA) is 81.2 Å². The van der Waals surface area contributed by atoms with Crippen LogP contribution in [0.15, 0.2) is 24.3 Å². The Bertz CT molecular complexity index is 813. The molecule has 2 aliphatic heterocycles. The summed E-state index contributed by atoms with van der Waals surface area (Å²) in [6.07, 6.45) is 4.82. The number of piperazine rings is 1. The highest BCUT2D eigenvalue weighted by atomic mass is 32.2. The Kier molecular flexibility index (Phi) is 6.01. The quantitative estimate of drug-likeness (QED) is 0.776. The Morgan fingerprint density at radius 3 is 2.24 bits per heavy atom. The summed E-state index contributed by atoms with van der Waals surface area (Å²) in [6, 6.07) is 7.28. The zero-order valence-electron chi connectivity index (χ0n) is 16.9. The lowest BCUT2D eigenvalue weighted by Gasteiger charge is -2.39. The molecule has 0 bridgehead atoms. The van der Waals surface area contributed by atoms with Gasteiger partial charge >= 0.3 is 0 Å². The second-order valence-electron chi connectivity index (χ2n) is 8.58. The predicted octanol–water partition coefficient (Wildman–Crippen LogP) is 1.47. The van der Waals surface area contributed by atoms with Gasteiger partial charge in [-0.3, -0.25) is 9.69 Å². The summed E-state index contributed by atoms with van der Waals surface area (Å²) in [4.78, 5) is 19.6. The lowest BCUT2D eigenvalue weighted by molar-refractivity contribution is -0.137. The fourth-order valence-corrected chi connectivity index (χ4v) is 6.69. The van der Waals surface area contributed by atoms with E-state index >= 15 is 0 Å². The molecule has 7 nitrogen and oxygen atoms in total. The van der Waals surface area contributed by atoms with Crippen molar-refractivity contribution in [3.63, 3.8) is 0 Å². The number of hydrogen-bond donors (Lipinski definition) is 1. The molecule has 1 atom stereocenters. The van der Waals surface area contributed by atoms with Crippen LogP contribution in [0.1, 0.15) is 32.1 Å². The smallest absolute Gasteiger partial charge is 0.237 e. The fraction of sp³-hybridized carbons (Fsp3) is 0.667. The lowest BCUT2D eigenvalue weighted by atomic mass is 10.1. The highest BCUT2D eigenvalue weighted by Gasteiger charge is 2.39. The molecule has 29 heavy (non-hydrogen) atoms. The molecule has 1 aliphatic carbocycles. The summed E-state index contributed by atoms with van der Waals surface area (Å²) in [5.41, 5.74) is 1.08. The molecule has 2 saturated heterocycles. The van der Waals surface area contributed by atoms with E-state index in [1.165, 1.54) is 0 Å². The minimum Gasteiger partial charge on any atom is -0.508 e. The van der Waals surface area contributed by atoms with Crippen molar-refractivity contribution >= 4 is 21.4 Å². The standard InChI is InChI=1S/C21H31N3O4S/c25-20-7-5-17(6-8-20)23-12-10-22(11-13-23)15-21(26)24(18-3-1-2-4-18)19-9-14-29(27,28)16-19/h5-8,18-19,25H,1-4,9-16H2/t19-/m0/s1. The Balaban J connectivity index is 1.36. The number of carbonyl (C=O) groups excluding carboxylic acids is 1. The molecule has 0 aromatic heterocycles. The first-order chi connectivity index (χ1) is 13.9. The molecule has 1 aromatic rings. The molecule has 3 fully saturated rings. The zero-order valence-corrected chi connectivity index (χ0v) is 17.7. The van der Waals surface area contributed by atoms with Crippen LogP contribution in [0.5, 0.6) is 5.75 Å². The second kappa shape index (κ2) is 8.52. The van der Waals surface area contributed by atoms with E-state index < -0.39 is 9.84 Å². The van der Waals surface area contributed by atoms with Gasteiger partial charge in [-0.25, -0.2) is 8.42 Å². The lowest BCUT2D eigenvalue weighted by Crippen LogP contribution is -2.54. The highest BCUT2D eigenvalue weighted by Crippen LogP contribution is 2.29. The van der Waals surface area contributed by atoms with E-state index in [-0.39, 0.29) is 35.2 Å². The largest absolute Gasteiger partial charge is 0.508 e. The second-order valence-corrected chi connectivity index (χ2v) is 10.8. The monoisotopic (exact) mass is 421 g/mol. The average molecular weight is 422 g/mol. The summed E-state index contributed by atoms with van der Waals surface area (Å²) in [6.45, 7) is 3.64. The zero-order chi connectivity index (χ0) is 20.4. The van der Waals surface area contributed by atoms with E-state index in [2.05, 4.69) is 9.80 Å². The molecule has 0 spiro atoms. The van der Waals surface area contributed by atoms with Crippen LogP contribution in [0.25, 0.3) is 0 Å². The van der Waals surface area contributed by atoms with Crippen molar-refractivity contribution in [2.45, 2.75) is 44.2 Å². The number of amides is 1. The van der Waals surface area contributed by atoms with Gasteiger partial charge in [-0.1, -0.05) is 12.8 Å². The third-order valence-electron chi connectivity index (χ3n) is 6.55. The van der Waals surface area contributed by atoms with Crippen molar-refractivity contribution in [3.05, 3.63) is 24.3 Å². The van der Waals surface area contributed by atoms with Crippen molar-refractivity contribution in [3.8, 4) is 5.75 Å². The number of sulfone groups is 1. The number of rotatable bonds is 5. The molecule has 0 unspecified atom stereocenters. The van der Waals surface area contributed by atoms with Gasteiger partial charge in [0.1, 0.15) is 5.75 Å². The number of benzene rings is 1.